The molecular formula is C36H40N6O2. The van der Waals surface area contributed by atoms with Crippen molar-refractivity contribution < 1.29 is 9.53 Å². The van der Waals surface area contributed by atoms with Gasteiger partial charge in [0.05, 0.1) is 24.7 Å². The second kappa shape index (κ2) is 11.8. The van der Waals surface area contributed by atoms with Crippen LogP contribution in [0.25, 0.3) is 44.5 Å². The summed E-state index contributed by atoms with van der Waals surface area (Å²) in [5, 5.41) is 5.53. The number of hydrogen-bond donors (Lipinski definition) is 1. The number of H-pyrrole nitrogens is 1. The zero-order valence-corrected chi connectivity index (χ0v) is 26.4. The molecule has 8 heteroatoms. The standard InChI is InChI=1S/C36H40N6O2/c1-8-32(43)41(5)30-19-27(13-14-31(30)44-7)34-33-22(2)28(29-21-38-42(6)23(29)3)20-37-36(33)39-35(34)26-11-9-24(10-12-26)25-15-17-40(4)18-16-25/h8-14,19-21,25H,1,15-18H2,2-7H3,(H,37,39). The molecule has 5 aromatic rings. The highest BCUT2D eigenvalue weighted by Crippen LogP contribution is 2.44. The fraction of sp³-hybridized carbons (Fsp3) is 0.306. The van der Waals surface area contributed by atoms with Crippen molar-refractivity contribution in [2.45, 2.75) is 32.6 Å². The van der Waals surface area contributed by atoms with E-state index in [2.05, 4.69) is 72.8 Å². The van der Waals surface area contributed by atoms with Gasteiger partial charge in [-0.25, -0.2) is 4.98 Å². The van der Waals surface area contributed by atoms with Crippen LogP contribution in [-0.4, -0.2) is 64.9 Å². The number of likely N-dealkylation sites (tertiary alicyclic amines) is 1. The van der Waals surface area contributed by atoms with Gasteiger partial charge in [-0.2, -0.15) is 5.10 Å². The predicted molar refractivity (Wildman–Crippen MR) is 178 cm³/mol. The van der Waals surface area contributed by atoms with Crippen molar-refractivity contribution in [3.63, 3.8) is 0 Å². The number of methoxy groups -OCH3 is 1. The van der Waals surface area contributed by atoms with Gasteiger partial charge in [-0.1, -0.05) is 36.9 Å². The molecule has 1 saturated heterocycles. The van der Waals surface area contributed by atoms with E-state index < -0.39 is 0 Å². The molecule has 1 aliphatic rings. The first-order valence-corrected chi connectivity index (χ1v) is 15.1. The van der Waals surface area contributed by atoms with Gasteiger partial charge in [0.15, 0.2) is 0 Å². The molecule has 0 atom stereocenters. The Morgan fingerprint density at radius 3 is 2.39 bits per heavy atom. The van der Waals surface area contributed by atoms with Crippen LogP contribution >= 0.6 is 0 Å². The Morgan fingerprint density at radius 2 is 1.75 bits per heavy atom. The van der Waals surface area contributed by atoms with E-state index in [0.29, 0.717) is 17.4 Å². The Balaban J connectivity index is 1.56. The number of amides is 1. The lowest BCUT2D eigenvalue weighted by Gasteiger charge is -2.29. The molecule has 3 aromatic heterocycles. The zero-order chi connectivity index (χ0) is 31.1. The van der Waals surface area contributed by atoms with Gasteiger partial charge in [0.2, 0.25) is 5.91 Å². The van der Waals surface area contributed by atoms with Crippen LogP contribution in [0.4, 0.5) is 5.69 Å². The highest BCUT2D eigenvalue weighted by Gasteiger charge is 2.24. The van der Waals surface area contributed by atoms with Crippen LogP contribution in [0.1, 0.15) is 35.6 Å². The summed E-state index contributed by atoms with van der Waals surface area (Å²) in [7, 11) is 7.50. The SMILES string of the molecule is C=CC(=O)N(C)c1cc(-c2c(-c3ccc(C4CCN(C)CC4)cc3)[nH]c3ncc(-c4cnn(C)c4C)c(C)c23)ccc1OC. The zero-order valence-electron chi connectivity index (χ0n) is 26.4. The van der Waals surface area contributed by atoms with E-state index in [1.807, 2.05) is 36.3 Å². The van der Waals surface area contributed by atoms with E-state index >= 15 is 0 Å². The lowest BCUT2D eigenvalue weighted by Crippen LogP contribution is -2.29. The second-order valence-corrected chi connectivity index (χ2v) is 11.9. The Labute approximate surface area is 259 Å². The number of aromatic amines is 1. The normalized spacial score (nSPS) is 14.2. The molecule has 226 valence electrons. The second-order valence-electron chi connectivity index (χ2n) is 11.9. The highest BCUT2D eigenvalue weighted by atomic mass is 16.5. The largest absolute Gasteiger partial charge is 0.495 e. The number of benzene rings is 2. The predicted octanol–water partition coefficient (Wildman–Crippen LogP) is 6.88. The number of fused-ring (bicyclic) bond motifs is 1. The number of pyridine rings is 1. The molecule has 4 heterocycles. The summed E-state index contributed by atoms with van der Waals surface area (Å²) < 4.78 is 7.55. The molecule has 1 N–H and O–H groups in total. The number of aryl methyl sites for hydroxylation is 2. The van der Waals surface area contributed by atoms with Crippen LogP contribution < -0.4 is 9.64 Å². The van der Waals surface area contributed by atoms with Crippen molar-refractivity contribution in [1.29, 1.82) is 0 Å². The summed E-state index contributed by atoms with van der Waals surface area (Å²) >= 11 is 0. The van der Waals surface area contributed by atoms with Crippen molar-refractivity contribution in [1.82, 2.24) is 24.6 Å². The minimum absolute atomic E-state index is 0.212. The van der Waals surface area contributed by atoms with E-state index in [1.165, 1.54) is 24.5 Å². The van der Waals surface area contributed by atoms with E-state index in [4.69, 9.17) is 9.72 Å². The van der Waals surface area contributed by atoms with E-state index in [9.17, 15) is 4.79 Å². The quantitative estimate of drug-likeness (QED) is 0.210. The summed E-state index contributed by atoms with van der Waals surface area (Å²) in [5.74, 6) is 0.979. The Kier molecular flexibility index (Phi) is 7.86. The third-order valence-corrected chi connectivity index (χ3v) is 9.33. The molecule has 0 saturated carbocycles. The topological polar surface area (TPSA) is 79.3 Å². The Morgan fingerprint density at radius 1 is 1.05 bits per heavy atom. The first kappa shape index (κ1) is 29.4. The number of nitrogens with one attached hydrogen (secondary N) is 1. The lowest BCUT2D eigenvalue weighted by molar-refractivity contribution is -0.113. The first-order chi connectivity index (χ1) is 21.2. The summed E-state index contributed by atoms with van der Waals surface area (Å²) in [6, 6.07) is 15.0. The van der Waals surface area contributed by atoms with Gasteiger partial charge >= 0.3 is 0 Å². The van der Waals surface area contributed by atoms with Crippen LogP contribution in [0, 0.1) is 13.8 Å². The fourth-order valence-electron chi connectivity index (χ4n) is 6.48. The number of carbonyl (C=O) groups excluding carboxylic acids is 1. The molecule has 8 nitrogen and oxygen atoms in total. The van der Waals surface area contributed by atoms with Crippen molar-refractivity contribution in [3.05, 3.63) is 84.3 Å². The molecule has 0 radical (unpaired) electrons. The van der Waals surface area contributed by atoms with Crippen molar-refractivity contribution in [2.75, 3.05) is 39.2 Å². The highest BCUT2D eigenvalue weighted by molar-refractivity contribution is 6.07. The maximum atomic E-state index is 12.7. The number of rotatable bonds is 7. The van der Waals surface area contributed by atoms with E-state index in [-0.39, 0.29) is 5.91 Å². The molecule has 6 rings (SSSR count). The van der Waals surface area contributed by atoms with Crippen molar-refractivity contribution in [2.24, 2.45) is 7.05 Å². The summed E-state index contributed by atoms with van der Waals surface area (Å²) in [4.78, 5) is 25.2. The third kappa shape index (κ3) is 5.09. The monoisotopic (exact) mass is 588 g/mol. The molecule has 1 amide bonds. The minimum Gasteiger partial charge on any atom is -0.495 e. The Bertz CT molecular complexity index is 1860. The third-order valence-electron chi connectivity index (χ3n) is 9.33. The van der Waals surface area contributed by atoms with Gasteiger partial charge in [-0.15, -0.1) is 0 Å². The van der Waals surface area contributed by atoms with Gasteiger partial charge < -0.3 is 19.5 Å². The number of hydrogen-bond acceptors (Lipinski definition) is 5. The molecule has 1 fully saturated rings. The van der Waals surface area contributed by atoms with Gasteiger partial charge in [-0.05, 0) is 93.2 Å². The van der Waals surface area contributed by atoms with Crippen LogP contribution in [0.5, 0.6) is 5.75 Å². The molecule has 2 aromatic carbocycles. The van der Waals surface area contributed by atoms with E-state index in [0.717, 1.165) is 68.9 Å². The molecule has 0 bridgehead atoms. The molecule has 0 aliphatic carbocycles. The number of piperidine rings is 1. The van der Waals surface area contributed by atoms with Gasteiger partial charge in [0.1, 0.15) is 11.4 Å². The van der Waals surface area contributed by atoms with Crippen molar-refractivity contribution in [3.8, 4) is 39.3 Å². The number of ether oxygens (including phenoxy) is 1. The van der Waals surface area contributed by atoms with Gasteiger partial charge in [0, 0.05) is 48.1 Å². The van der Waals surface area contributed by atoms with Crippen LogP contribution in [0.15, 0.2) is 67.5 Å². The van der Waals surface area contributed by atoms with Crippen molar-refractivity contribution >= 4 is 22.6 Å². The Hall–Kier alpha value is -4.69. The number of carbonyl (C=O) groups is 1. The number of anilines is 1. The summed E-state index contributed by atoms with van der Waals surface area (Å²) in [6.07, 6.45) is 7.51. The fourth-order valence-corrected chi connectivity index (χ4v) is 6.48. The number of aromatic nitrogens is 4. The first-order valence-electron chi connectivity index (χ1n) is 15.1. The molecule has 1 aliphatic heterocycles. The van der Waals surface area contributed by atoms with E-state index in [1.54, 1.807) is 19.1 Å². The van der Waals surface area contributed by atoms with Gasteiger partial charge in [-0.3, -0.25) is 9.48 Å². The molecule has 0 spiro atoms. The summed E-state index contributed by atoms with van der Waals surface area (Å²) in [5.41, 5.74) is 11.2. The minimum atomic E-state index is -0.212. The maximum absolute atomic E-state index is 12.7. The van der Waals surface area contributed by atoms with Crippen LogP contribution in [0.3, 0.4) is 0 Å². The number of nitrogens with zero attached hydrogens (tertiary/aromatic N) is 5. The molecular weight excluding hydrogens is 548 g/mol. The average Bonchev–Trinajstić information content (AvgIpc) is 3.60. The van der Waals surface area contributed by atoms with Crippen LogP contribution in [-0.2, 0) is 11.8 Å². The lowest BCUT2D eigenvalue weighted by atomic mass is 9.88. The smallest absolute Gasteiger partial charge is 0.250 e. The number of likely N-dealkylation sites (N-methyl/N-ethyl adjacent to an activating group) is 1. The molecule has 44 heavy (non-hydrogen) atoms. The van der Waals surface area contributed by atoms with Crippen LogP contribution in [0.2, 0.25) is 0 Å². The average molecular weight is 589 g/mol. The maximum Gasteiger partial charge on any atom is 0.250 e. The van der Waals surface area contributed by atoms with Gasteiger partial charge in [0.25, 0.3) is 0 Å². The summed E-state index contributed by atoms with van der Waals surface area (Å²) in [6.45, 7) is 10.2. The molecule has 0 unspecified atom stereocenters.